The normalized spacial score (nSPS) is 11.2. The number of aromatic nitrogens is 1. The molecule has 2 aromatic carbocycles. The molecule has 0 aliphatic carbocycles. The van der Waals surface area contributed by atoms with Crippen LogP contribution in [0.3, 0.4) is 0 Å². The second-order valence-electron chi connectivity index (χ2n) is 6.98. The van der Waals surface area contributed by atoms with Crippen LogP contribution in [0.1, 0.15) is 25.8 Å². The number of aryl methyl sites for hydroxylation is 1. The van der Waals surface area contributed by atoms with Crippen LogP contribution in [0, 0.1) is 0 Å². The number of amides is 1. The quantitative estimate of drug-likeness (QED) is 0.426. The van der Waals surface area contributed by atoms with Crippen molar-refractivity contribution >= 4 is 44.2 Å². The van der Waals surface area contributed by atoms with Crippen molar-refractivity contribution in [3.8, 4) is 5.75 Å². The standard InChI is InChI=1S/C23H28ClN3O2S/c1-4-26(5-2)15-16-27(20(28)14-11-17-9-7-6-8-10-17)23-25-21-19(29-3)13-12-18(24)22(21)30-23/h6-10,12-13H,4-5,11,14-16H2,1-3H3. The summed E-state index contributed by atoms with van der Waals surface area (Å²) in [6.45, 7) is 7.55. The Kier molecular flexibility index (Phi) is 8.08. The predicted molar refractivity (Wildman–Crippen MR) is 126 cm³/mol. The van der Waals surface area contributed by atoms with E-state index in [1.165, 1.54) is 11.3 Å². The molecule has 5 nitrogen and oxygen atoms in total. The van der Waals surface area contributed by atoms with Crippen molar-refractivity contribution in [3.63, 3.8) is 0 Å². The van der Waals surface area contributed by atoms with E-state index in [-0.39, 0.29) is 5.91 Å². The van der Waals surface area contributed by atoms with Crippen molar-refractivity contribution < 1.29 is 9.53 Å². The highest BCUT2D eigenvalue weighted by atomic mass is 35.5. The van der Waals surface area contributed by atoms with Gasteiger partial charge >= 0.3 is 0 Å². The highest BCUT2D eigenvalue weighted by Crippen LogP contribution is 2.38. The number of hydrogen-bond acceptors (Lipinski definition) is 5. The monoisotopic (exact) mass is 445 g/mol. The Balaban J connectivity index is 1.87. The lowest BCUT2D eigenvalue weighted by Gasteiger charge is -2.24. The van der Waals surface area contributed by atoms with Crippen molar-refractivity contribution in [3.05, 3.63) is 53.1 Å². The number of hydrogen-bond donors (Lipinski definition) is 0. The highest BCUT2D eigenvalue weighted by molar-refractivity contribution is 7.23. The molecule has 0 unspecified atom stereocenters. The van der Waals surface area contributed by atoms with E-state index in [0.29, 0.717) is 40.8 Å². The molecule has 0 saturated carbocycles. The molecule has 0 atom stereocenters. The second-order valence-corrected chi connectivity index (χ2v) is 8.37. The van der Waals surface area contributed by atoms with Crippen molar-refractivity contribution in [1.29, 1.82) is 0 Å². The first-order valence-electron chi connectivity index (χ1n) is 10.3. The van der Waals surface area contributed by atoms with Crippen molar-refractivity contribution in [2.24, 2.45) is 0 Å². The molecule has 0 radical (unpaired) electrons. The zero-order valence-electron chi connectivity index (χ0n) is 17.7. The molecule has 0 N–H and O–H groups in total. The van der Waals surface area contributed by atoms with E-state index >= 15 is 0 Å². The Morgan fingerprint density at radius 2 is 1.83 bits per heavy atom. The molecule has 160 valence electrons. The number of nitrogens with zero attached hydrogens (tertiary/aromatic N) is 3. The number of thiazole rings is 1. The first-order valence-corrected chi connectivity index (χ1v) is 11.5. The number of benzene rings is 2. The molecule has 1 aromatic heterocycles. The van der Waals surface area contributed by atoms with Gasteiger partial charge in [-0.05, 0) is 37.2 Å². The topological polar surface area (TPSA) is 45.7 Å². The zero-order chi connectivity index (χ0) is 21.5. The molecule has 0 bridgehead atoms. The third-order valence-corrected chi connectivity index (χ3v) is 6.74. The molecular weight excluding hydrogens is 418 g/mol. The third kappa shape index (κ3) is 5.31. The maximum atomic E-state index is 13.2. The summed E-state index contributed by atoms with van der Waals surface area (Å²) < 4.78 is 6.29. The fraction of sp³-hybridized carbons (Fsp3) is 0.391. The van der Waals surface area contributed by atoms with Crippen LogP contribution in [0.15, 0.2) is 42.5 Å². The Labute approximate surface area is 187 Å². The molecule has 1 heterocycles. The van der Waals surface area contributed by atoms with Gasteiger partial charge in [0.15, 0.2) is 5.13 Å². The highest BCUT2D eigenvalue weighted by Gasteiger charge is 2.22. The van der Waals surface area contributed by atoms with Gasteiger partial charge < -0.3 is 9.64 Å². The van der Waals surface area contributed by atoms with E-state index in [2.05, 4.69) is 30.9 Å². The van der Waals surface area contributed by atoms with Crippen LogP contribution in [0.25, 0.3) is 10.2 Å². The molecule has 0 fully saturated rings. The molecule has 1 amide bonds. The summed E-state index contributed by atoms with van der Waals surface area (Å²) in [4.78, 5) is 22.1. The fourth-order valence-electron chi connectivity index (χ4n) is 3.36. The average molecular weight is 446 g/mol. The van der Waals surface area contributed by atoms with Gasteiger partial charge in [0.2, 0.25) is 5.91 Å². The number of likely N-dealkylation sites (N-methyl/N-ethyl adjacent to an activating group) is 1. The molecular formula is C23H28ClN3O2S. The average Bonchev–Trinajstić information content (AvgIpc) is 3.22. The van der Waals surface area contributed by atoms with E-state index < -0.39 is 0 Å². The van der Waals surface area contributed by atoms with Gasteiger partial charge in [-0.3, -0.25) is 9.69 Å². The van der Waals surface area contributed by atoms with E-state index in [0.717, 1.165) is 29.9 Å². The lowest BCUT2D eigenvalue weighted by Crippen LogP contribution is -2.39. The van der Waals surface area contributed by atoms with Gasteiger partial charge in [0, 0.05) is 19.5 Å². The SMILES string of the molecule is CCN(CC)CCN(C(=O)CCc1ccccc1)c1nc2c(OC)ccc(Cl)c2s1. The molecule has 0 aliphatic heterocycles. The van der Waals surface area contributed by atoms with Gasteiger partial charge in [0.1, 0.15) is 11.3 Å². The molecule has 0 spiro atoms. The maximum Gasteiger partial charge on any atom is 0.229 e. The number of anilines is 1. The van der Waals surface area contributed by atoms with E-state index in [4.69, 9.17) is 21.3 Å². The van der Waals surface area contributed by atoms with E-state index in [1.54, 1.807) is 7.11 Å². The predicted octanol–water partition coefficient (Wildman–Crippen LogP) is 5.27. The van der Waals surface area contributed by atoms with Crippen molar-refractivity contribution in [1.82, 2.24) is 9.88 Å². The molecule has 0 saturated heterocycles. The number of carbonyl (C=O) groups is 1. The van der Waals surface area contributed by atoms with E-state index in [9.17, 15) is 4.79 Å². The van der Waals surface area contributed by atoms with Crippen LogP contribution in [-0.2, 0) is 11.2 Å². The minimum atomic E-state index is 0.0696. The Hall–Kier alpha value is -2.15. The summed E-state index contributed by atoms with van der Waals surface area (Å²) in [7, 11) is 1.62. The Morgan fingerprint density at radius 1 is 1.10 bits per heavy atom. The molecule has 0 aliphatic rings. The van der Waals surface area contributed by atoms with Crippen LogP contribution >= 0.6 is 22.9 Å². The molecule has 30 heavy (non-hydrogen) atoms. The molecule has 3 rings (SSSR count). The molecule has 3 aromatic rings. The van der Waals surface area contributed by atoms with Crippen LogP contribution in [0.2, 0.25) is 5.02 Å². The van der Waals surface area contributed by atoms with Gasteiger partial charge in [-0.15, -0.1) is 0 Å². The lowest BCUT2D eigenvalue weighted by molar-refractivity contribution is -0.118. The first-order chi connectivity index (χ1) is 14.6. The fourth-order valence-corrected chi connectivity index (χ4v) is 4.66. The summed E-state index contributed by atoms with van der Waals surface area (Å²) in [5.74, 6) is 0.734. The second kappa shape index (κ2) is 10.8. The number of halogens is 1. The van der Waals surface area contributed by atoms with E-state index in [1.807, 2.05) is 35.2 Å². The first kappa shape index (κ1) is 22.5. The smallest absolute Gasteiger partial charge is 0.229 e. The van der Waals surface area contributed by atoms with Crippen molar-refractivity contribution in [2.45, 2.75) is 26.7 Å². The van der Waals surface area contributed by atoms with Crippen LogP contribution in [-0.4, -0.2) is 49.1 Å². The van der Waals surface area contributed by atoms with Gasteiger partial charge in [-0.25, -0.2) is 4.98 Å². The summed E-state index contributed by atoms with van der Waals surface area (Å²) in [5, 5.41) is 1.29. The summed E-state index contributed by atoms with van der Waals surface area (Å²) >= 11 is 7.84. The maximum absolute atomic E-state index is 13.2. The number of methoxy groups -OCH3 is 1. The van der Waals surface area contributed by atoms with Crippen LogP contribution in [0.4, 0.5) is 5.13 Å². The molecule has 7 heteroatoms. The summed E-state index contributed by atoms with van der Waals surface area (Å²) in [6, 6.07) is 13.7. The largest absolute Gasteiger partial charge is 0.494 e. The Morgan fingerprint density at radius 3 is 2.50 bits per heavy atom. The van der Waals surface area contributed by atoms with Crippen molar-refractivity contribution in [2.75, 3.05) is 38.2 Å². The summed E-state index contributed by atoms with van der Waals surface area (Å²) in [5.41, 5.74) is 1.86. The van der Waals surface area contributed by atoms with Crippen LogP contribution < -0.4 is 9.64 Å². The third-order valence-electron chi connectivity index (χ3n) is 5.20. The number of fused-ring (bicyclic) bond motifs is 1. The van der Waals surface area contributed by atoms with Crippen LogP contribution in [0.5, 0.6) is 5.75 Å². The van der Waals surface area contributed by atoms with Gasteiger partial charge in [-0.1, -0.05) is 67.1 Å². The van der Waals surface area contributed by atoms with Gasteiger partial charge in [0.25, 0.3) is 0 Å². The zero-order valence-corrected chi connectivity index (χ0v) is 19.3. The number of rotatable bonds is 10. The minimum absolute atomic E-state index is 0.0696. The number of ether oxygens (including phenoxy) is 1. The van der Waals surface area contributed by atoms with Gasteiger partial charge in [-0.2, -0.15) is 0 Å². The van der Waals surface area contributed by atoms with Gasteiger partial charge in [0.05, 0.1) is 16.8 Å². The minimum Gasteiger partial charge on any atom is -0.494 e. The lowest BCUT2D eigenvalue weighted by atomic mass is 10.1. The number of carbonyl (C=O) groups excluding carboxylic acids is 1. The Bertz CT molecular complexity index is 973. The summed E-state index contributed by atoms with van der Waals surface area (Å²) in [6.07, 6.45) is 1.14.